The van der Waals surface area contributed by atoms with Crippen LogP contribution in [0.2, 0.25) is 0 Å². The molecule has 0 bridgehead atoms. The summed E-state index contributed by atoms with van der Waals surface area (Å²) in [5.41, 5.74) is 1.26. The number of rotatable bonds is 6. The summed E-state index contributed by atoms with van der Waals surface area (Å²) < 4.78 is 1.92. The molecule has 1 aromatic heterocycles. The Morgan fingerprint density at radius 2 is 2.24 bits per heavy atom. The van der Waals surface area contributed by atoms with E-state index in [1.807, 2.05) is 24.6 Å². The Bertz CT molecular complexity index is 400. The van der Waals surface area contributed by atoms with Crippen molar-refractivity contribution in [1.29, 1.82) is 0 Å². The van der Waals surface area contributed by atoms with E-state index in [0.29, 0.717) is 6.42 Å². The Hall–Kier alpha value is -1.36. The highest BCUT2D eigenvalue weighted by molar-refractivity contribution is 5.78. The summed E-state index contributed by atoms with van der Waals surface area (Å²) in [6.07, 6.45) is 1.36. The highest BCUT2D eigenvalue weighted by Gasteiger charge is 2.30. The number of nitrogens with zero attached hydrogens (tertiary/aromatic N) is 2. The van der Waals surface area contributed by atoms with Crippen LogP contribution in [0.4, 0.5) is 0 Å². The molecule has 0 saturated heterocycles. The second kappa shape index (κ2) is 5.31. The first kappa shape index (κ1) is 13.7. The maximum atomic E-state index is 11.1. The summed E-state index contributed by atoms with van der Waals surface area (Å²) >= 11 is 0. The number of carbonyl (C=O) groups is 1. The van der Waals surface area contributed by atoms with Crippen molar-refractivity contribution in [3.8, 4) is 0 Å². The average molecular weight is 239 g/mol. The van der Waals surface area contributed by atoms with Gasteiger partial charge < -0.3 is 10.4 Å². The first-order valence-corrected chi connectivity index (χ1v) is 5.82. The lowest BCUT2D eigenvalue weighted by Crippen LogP contribution is -2.47. The van der Waals surface area contributed by atoms with Gasteiger partial charge >= 0.3 is 5.97 Å². The van der Waals surface area contributed by atoms with Crippen LogP contribution in [0, 0.1) is 13.8 Å². The minimum Gasteiger partial charge on any atom is -0.480 e. The molecule has 0 radical (unpaired) electrons. The van der Waals surface area contributed by atoms with Crippen molar-refractivity contribution >= 4 is 5.97 Å². The first-order valence-electron chi connectivity index (χ1n) is 5.82. The molecule has 96 valence electrons. The highest BCUT2D eigenvalue weighted by atomic mass is 16.4. The predicted octanol–water partition coefficient (Wildman–Crippen LogP) is 1.34. The molecule has 0 aliphatic rings. The fourth-order valence-corrected chi connectivity index (χ4v) is 1.82. The Balaban J connectivity index is 2.52. The van der Waals surface area contributed by atoms with Crippen LogP contribution in [0.25, 0.3) is 0 Å². The minimum atomic E-state index is -0.851. The molecule has 0 aliphatic carbocycles. The molecule has 1 atom stereocenters. The van der Waals surface area contributed by atoms with Crippen LogP contribution in [0.5, 0.6) is 0 Å². The van der Waals surface area contributed by atoms with Crippen molar-refractivity contribution in [2.24, 2.45) is 0 Å². The Labute approximate surface area is 102 Å². The maximum Gasteiger partial charge on any atom is 0.323 e. The van der Waals surface area contributed by atoms with E-state index >= 15 is 0 Å². The number of carboxylic acid groups (broad SMARTS) is 1. The van der Waals surface area contributed by atoms with E-state index in [2.05, 4.69) is 10.4 Å². The van der Waals surface area contributed by atoms with Crippen molar-refractivity contribution in [1.82, 2.24) is 15.1 Å². The summed E-state index contributed by atoms with van der Waals surface area (Å²) in [6, 6.07) is 2.02. The lowest BCUT2D eigenvalue weighted by Gasteiger charge is -2.24. The number of carboxylic acids is 1. The van der Waals surface area contributed by atoms with Gasteiger partial charge in [0.05, 0.1) is 5.69 Å². The molecule has 2 N–H and O–H groups in total. The molecule has 0 aliphatic heterocycles. The number of aryl methyl sites for hydroxylation is 3. The largest absolute Gasteiger partial charge is 0.480 e. The van der Waals surface area contributed by atoms with Crippen molar-refractivity contribution < 1.29 is 9.90 Å². The lowest BCUT2D eigenvalue weighted by molar-refractivity contribution is -0.144. The predicted molar refractivity (Wildman–Crippen MR) is 66.0 cm³/mol. The van der Waals surface area contributed by atoms with Gasteiger partial charge in [-0.2, -0.15) is 5.10 Å². The minimum absolute atomic E-state index is 0.581. The van der Waals surface area contributed by atoms with Gasteiger partial charge in [0.25, 0.3) is 0 Å². The Morgan fingerprint density at radius 1 is 1.59 bits per heavy atom. The van der Waals surface area contributed by atoms with E-state index in [1.54, 1.807) is 14.0 Å². The molecule has 1 heterocycles. The van der Waals surface area contributed by atoms with Gasteiger partial charge in [-0.25, -0.2) is 0 Å². The van der Waals surface area contributed by atoms with Gasteiger partial charge in [0, 0.05) is 12.2 Å². The second-order valence-electron chi connectivity index (χ2n) is 4.64. The number of hydrogen-bond donors (Lipinski definition) is 2. The van der Waals surface area contributed by atoms with Gasteiger partial charge in [-0.05, 0) is 46.7 Å². The van der Waals surface area contributed by atoms with Gasteiger partial charge in [0.15, 0.2) is 0 Å². The van der Waals surface area contributed by atoms with Crippen LogP contribution in [0.3, 0.4) is 0 Å². The van der Waals surface area contributed by atoms with Crippen molar-refractivity contribution in [3.05, 3.63) is 17.5 Å². The zero-order chi connectivity index (χ0) is 13.1. The molecule has 1 rings (SSSR count). The summed E-state index contributed by atoms with van der Waals surface area (Å²) in [5.74, 6) is -0.812. The van der Waals surface area contributed by atoms with Crippen LogP contribution in [0.15, 0.2) is 6.07 Å². The van der Waals surface area contributed by atoms with Crippen LogP contribution in [0.1, 0.15) is 31.2 Å². The van der Waals surface area contributed by atoms with Gasteiger partial charge in [-0.3, -0.25) is 9.48 Å². The molecular weight excluding hydrogens is 218 g/mol. The Kier molecular flexibility index (Phi) is 4.28. The monoisotopic (exact) mass is 239 g/mol. The van der Waals surface area contributed by atoms with E-state index in [1.165, 1.54) is 0 Å². The van der Waals surface area contributed by atoms with Crippen LogP contribution >= 0.6 is 0 Å². The molecule has 17 heavy (non-hydrogen) atoms. The van der Waals surface area contributed by atoms with Crippen molar-refractivity contribution in [2.75, 3.05) is 7.05 Å². The van der Waals surface area contributed by atoms with Crippen LogP contribution in [-0.4, -0.2) is 33.4 Å². The fraction of sp³-hybridized carbons (Fsp3) is 0.667. The maximum absolute atomic E-state index is 11.1. The van der Waals surface area contributed by atoms with Gasteiger partial charge in [0.2, 0.25) is 0 Å². The lowest BCUT2D eigenvalue weighted by atomic mass is 9.96. The van der Waals surface area contributed by atoms with Gasteiger partial charge in [-0.1, -0.05) is 0 Å². The van der Waals surface area contributed by atoms with Gasteiger partial charge in [-0.15, -0.1) is 0 Å². The second-order valence-corrected chi connectivity index (χ2v) is 4.64. The average Bonchev–Trinajstić information content (AvgIpc) is 2.57. The SMILES string of the molecule is CNC(C)(CCCn1nc(C)cc1C)C(=O)O. The van der Waals surface area contributed by atoms with E-state index in [9.17, 15) is 4.79 Å². The smallest absolute Gasteiger partial charge is 0.323 e. The molecule has 1 unspecified atom stereocenters. The zero-order valence-electron chi connectivity index (χ0n) is 10.9. The molecule has 0 aromatic carbocycles. The van der Waals surface area contributed by atoms with E-state index in [0.717, 1.165) is 24.4 Å². The highest BCUT2D eigenvalue weighted by Crippen LogP contribution is 2.13. The standard InChI is InChI=1S/C12H21N3O2/c1-9-8-10(2)15(14-9)7-5-6-12(3,13-4)11(16)17/h8,13H,5-7H2,1-4H3,(H,16,17). The van der Waals surface area contributed by atoms with Crippen LogP contribution < -0.4 is 5.32 Å². The van der Waals surface area contributed by atoms with Crippen molar-refractivity contribution in [2.45, 2.75) is 45.7 Å². The van der Waals surface area contributed by atoms with E-state index < -0.39 is 11.5 Å². The van der Waals surface area contributed by atoms with E-state index in [4.69, 9.17) is 5.11 Å². The number of aromatic nitrogens is 2. The summed E-state index contributed by atoms with van der Waals surface area (Å²) in [5, 5.41) is 16.3. The summed E-state index contributed by atoms with van der Waals surface area (Å²) in [6.45, 7) is 6.42. The third kappa shape index (κ3) is 3.30. The molecule has 0 amide bonds. The topological polar surface area (TPSA) is 67.2 Å². The molecule has 5 nitrogen and oxygen atoms in total. The quantitative estimate of drug-likeness (QED) is 0.786. The third-order valence-electron chi connectivity index (χ3n) is 3.17. The van der Waals surface area contributed by atoms with Crippen molar-refractivity contribution in [3.63, 3.8) is 0 Å². The van der Waals surface area contributed by atoms with Gasteiger partial charge in [0.1, 0.15) is 5.54 Å². The molecule has 0 spiro atoms. The number of likely N-dealkylation sites (N-methyl/N-ethyl adjacent to an activating group) is 1. The van der Waals surface area contributed by atoms with E-state index in [-0.39, 0.29) is 0 Å². The molecule has 0 saturated carbocycles. The fourth-order valence-electron chi connectivity index (χ4n) is 1.82. The first-order chi connectivity index (χ1) is 7.89. The number of hydrogen-bond acceptors (Lipinski definition) is 3. The molecular formula is C12H21N3O2. The van der Waals surface area contributed by atoms with Crippen LogP contribution in [-0.2, 0) is 11.3 Å². The third-order valence-corrected chi connectivity index (χ3v) is 3.17. The number of nitrogens with one attached hydrogen (secondary N) is 1. The summed E-state index contributed by atoms with van der Waals surface area (Å²) in [4.78, 5) is 11.1. The zero-order valence-corrected chi connectivity index (χ0v) is 10.9. The Morgan fingerprint density at radius 3 is 2.65 bits per heavy atom. The normalized spacial score (nSPS) is 14.6. The molecule has 1 aromatic rings. The number of aliphatic carboxylic acids is 1. The molecule has 0 fully saturated rings. The molecule has 5 heteroatoms. The summed E-state index contributed by atoms with van der Waals surface area (Å²) in [7, 11) is 1.68.